The number of ether oxygens (including phenoxy) is 1. The van der Waals surface area contributed by atoms with E-state index in [4.69, 9.17) is 5.73 Å². The van der Waals surface area contributed by atoms with Crippen LogP contribution in [0.25, 0.3) is 0 Å². The summed E-state index contributed by atoms with van der Waals surface area (Å²) in [5, 5.41) is 13.3. The summed E-state index contributed by atoms with van der Waals surface area (Å²) in [7, 11) is 1.32. The highest BCUT2D eigenvalue weighted by molar-refractivity contribution is 7.11. The van der Waals surface area contributed by atoms with Crippen molar-refractivity contribution in [3.8, 4) is 0 Å². The fourth-order valence-electron chi connectivity index (χ4n) is 2.19. The lowest BCUT2D eigenvalue weighted by molar-refractivity contribution is 0.0603. The van der Waals surface area contributed by atoms with Crippen LogP contribution in [0.15, 0.2) is 0 Å². The molecule has 0 aliphatic heterocycles. The lowest BCUT2D eigenvalue weighted by atomic mass is 10.1. The van der Waals surface area contributed by atoms with Crippen LogP contribution in [0, 0.1) is 5.92 Å². The number of carbonyl (C=O) groups is 1. The van der Waals surface area contributed by atoms with Crippen molar-refractivity contribution in [1.29, 1.82) is 0 Å². The van der Waals surface area contributed by atoms with Gasteiger partial charge in [-0.2, -0.15) is 4.37 Å². The number of anilines is 2. The van der Waals surface area contributed by atoms with Gasteiger partial charge in [0.15, 0.2) is 5.82 Å². The van der Waals surface area contributed by atoms with Gasteiger partial charge in [-0.3, -0.25) is 0 Å². The van der Waals surface area contributed by atoms with Gasteiger partial charge in [-0.05, 0) is 36.7 Å². The van der Waals surface area contributed by atoms with Crippen LogP contribution in [-0.4, -0.2) is 35.2 Å². The number of aliphatic hydroxyl groups excluding tert-OH is 1. The van der Waals surface area contributed by atoms with E-state index in [-0.39, 0.29) is 11.9 Å². The van der Waals surface area contributed by atoms with Crippen LogP contribution in [-0.2, 0) is 4.74 Å². The molecule has 1 aliphatic carbocycles. The second-order valence-corrected chi connectivity index (χ2v) is 5.25. The number of aliphatic hydroxyl groups is 1. The van der Waals surface area contributed by atoms with Crippen molar-refractivity contribution < 1.29 is 14.6 Å². The summed E-state index contributed by atoms with van der Waals surface area (Å²) in [6, 6.07) is 0. The molecule has 2 unspecified atom stereocenters. The molecule has 0 amide bonds. The zero-order valence-corrected chi connectivity index (χ0v) is 11.0. The number of nitrogen functional groups attached to an aromatic ring is 1. The van der Waals surface area contributed by atoms with Gasteiger partial charge in [0, 0.05) is 6.54 Å². The maximum Gasteiger partial charge on any atom is 0.344 e. The van der Waals surface area contributed by atoms with Gasteiger partial charge in [-0.25, -0.2) is 4.79 Å². The molecular weight excluding hydrogens is 254 g/mol. The molecule has 0 radical (unpaired) electrons. The predicted octanol–water partition coefficient (Wildman–Crippen LogP) is 1.08. The zero-order chi connectivity index (χ0) is 13.1. The first kappa shape index (κ1) is 13.1. The van der Waals surface area contributed by atoms with Gasteiger partial charge in [-0.1, -0.05) is 0 Å². The van der Waals surface area contributed by atoms with Crippen LogP contribution in [0.1, 0.15) is 29.6 Å². The van der Waals surface area contributed by atoms with E-state index in [9.17, 15) is 9.90 Å². The summed E-state index contributed by atoms with van der Waals surface area (Å²) < 4.78 is 8.63. The normalized spacial score (nSPS) is 23.0. The van der Waals surface area contributed by atoms with Crippen LogP contribution in [0.5, 0.6) is 0 Å². The molecule has 0 bridgehead atoms. The summed E-state index contributed by atoms with van der Waals surface area (Å²) in [6.45, 7) is 0.711. The maximum absolute atomic E-state index is 11.5. The largest absolute Gasteiger partial charge is 0.465 e. The summed E-state index contributed by atoms with van der Waals surface area (Å²) in [5.74, 6) is 0.143. The Labute approximate surface area is 109 Å². The predicted molar refractivity (Wildman–Crippen MR) is 69.7 cm³/mol. The molecule has 2 rings (SSSR count). The van der Waals surface area contributed by atoms with Crippen molar-refractivity contribution in [2.24, 2.45) is 5.92 Å². The molecule has 6 nitrogen and oxygen atoms in total. The first-order valence-corrected chi connectivity index (χ1v) is 6.64. The van der Waals surface area contributed by atoms with Gasteiger partial charge in [0.05, 0.1) is 13.2 Å². The number of carbonyl (C=O) groups excluding carboxylic acids is 1. The molecule has 1 aromatic rings. The standard InChI is InChI=1S/C11H17N3O3S/c1-17-11(16)8-9(12)14-18-10(8)13-5-6-2-3-7(15)4-6/h6-7,13,15H,2-5H2,1H3,(H2,12,14). The fraction of sp³-hybridized carbons (Fsp3) is 0.636. The van der Waals surface area contributed by atoms with E-state index >= 15 is 0 Å². The van der Waals surface area contributed by atoms with Crippen molar-refractivity contribution in [3.63, 3.8) is 0 Å². The van der Waals surface area contributed by atoms with Crippen LogP contribution < -0.4 is 11.1 Å². The van der Waals surface area contributed by atoms with Crippen LogP contribution >= 0.6 is 11.5 Å². The van der Waals surface area contributed by atoms with Gasteiger partial charge in [0.1, 0.15) is 10.6 Å². The van der Waals surface area contributed by atoms with Gasteiger partial charge in [0.25, 0.3) is 0 Å². The van der Waals surface area contributed by atoms with E-state index in [2.05, 4.69) is 14.4 Å². The molecule has 0 spiro atoms. The Balaban J connectivity index is 1.99. The van der Waals surface area contributed by atoms with E-state index in [1.54, 1.807) is 0 Å². The second-order valence-electron chi connectivity index (χ2n) is 4.48. The SMILES string of the molecule is COC(=O)c1c(N)nsc1NCC1CCC(O)C1. The lowest BCUT2D eigenvalue weighted by Crippen LogP contribution is -2.14. The number of hydrogen-bond acceptors (Lipinski definition) is 7. The molecule has 100 valence electrons. The molecule has 18 heavy (non-hydrogen) atoms. The third-order valence-corrected chi connectivity index (χ3v) is 3.99. The molecule has 1 aliphatic rings. The second kappa shape index (κ2) is 5.53. The number of esters is 1. The Bertz CT molecular complexity index is 435. The van der Waals surface area contributed by atoms with Crippen molar-refractivity contribution in [1.82, 2.24) is 4.37 Å². The smallest absolute Gasteiger partial charge is 0.344 e. The molecule has 1 saturated carbocycles. The molecule has 0 aromatic carbocycles. The van der Waals surface area contributed by atoms with E-state index in [1.165, 1.54) is 7.11 Å². The molecule has 2 atom stereocenters. The summed E-state index contributed by atoms with van der Waals surface area (Å²) in [6.07, 6.45) is 2.45. The number of aromatic nitrogens is 1. The highest BCUT2D eigenvalue weighted by atomic mass is 32.1. The van der Waals surface area contributed by atoms with Crippen LogP contribution in [0.4, 0.5) is 10.8 Å². The van der Waals surface area contributed by atoms with Crippen molar-refractivity contribution >= 4 is 28.3 Å². The summed E-state index contributed by atoms with van der Waals surface area (Å²) >= 11 is 1.15. The van der Waals surface area contributed by atoms with E-state index in [1.807, 2.05) is 0 Å². The molecule has 7 heteroatoms. The maximum atomic E-state index is 11.5. The fourth-order valence-corrected chi connectivity index (χ4v) is 2.90. The number of nitrogens with one attached hydrogen (secondary N) is 1. The summed E-state index contributed by atoms with van der Waals surface area (Å²) in [4.78, 5) is 11.5. The van der Waals surface area contributed by atoms with Gasteiger partial charge >= 0.3 is 5.97 Å². The molecule has 0 saturated heterocycles. The average molecular weight is 271 g/mol. The van der Waals surface area contributed by atoms with Crippen molar-refractivity contribution in [3.05, 3.63) is 5.56 Å². The van der Waals surface area contributed by atoms with Gasteiger partial charge in [0.2, 0.25) is 0 Å². The number of nitrogens with zero attached hydrogens (tertiary/aromatic N) is 1. The summed E-state index contributed by atoms with van der Waals surface area (Å²) in [5.41, 5.74) is 5.95. The molecule has 1 aromatic heterocycles. The van der Waals surface area contributed by atoms with E-state index in [0.717, 1.165) is 30.8 Å². The number of rotatable bonds is 4. The lowest BCUT2D eigenvalue weighted by Gasteiger charge is -2.11. The Morgan fingerprint density at radius 3 is 3.06 bits per heavy atom. The Morgan fingerprint density at radius 2 is 2.44 bits per heavy atom. The molecular formula is C11H17N3O3S. The van der Waals surface area contributed by atoms with E-state index in [0.29, 0.717) is 23.0 Å². The average Bonchev–Trinajstić information content (AvgIpc) is 2.92. The highest BCUT2D eigenvalue weighted by Gasteiger charge is 2.24. The number of methoxy groups -OCH3 is 1. The minimum absolute atomic E-state index is 0.191. The quantitative estimate of drug-likeness (QED) is 0.709. The van der Waals surface area contributed by atoms with Crippen molar-refractivity contribution in [2.75, 3.05) is 24.7 Å². The first-order valence-electron chi connectivity index (χ1n) is 5.87. The number of hydrogen-bond donors (Lipinski definition) is 3. The minimum Gasteiger partial charge on any atom is -0.465 e. The molecule has 1 fully saturated rings. The zero-order valence-electron chi connectivity index (χ0n) is 10.2. The molecule has 4 N–H and O–H groups in total. The monoisotopic (exact) mass is 271 g/mol. The number of nitrogens with two attached hydrogens (primary N) is 1. The van der Waals surface area contributed by atoms with Gasteiger partial charge < -0.3 is 20.9 Å². The third-order valence-electron chi connectivity index (χ3n) is 3.17. The van der Waals surface area contributed by atoms with Crippen LogP contribution in [0.3, 0.4) is 0 Å². The minimum atomic E-state index is -0.477. The van der Waals surface area contributed by atoms with Gasteiger partial charge in [-0.15, -0.1) is 0 Å². The van der Waals surface area contributed by atoms with Crippen LogP contribution in [0.2, 0.25) is 0 Å². The topological polar surface area (TPSA) is 97.5 Å². The highest BCUT2D eigenvalue weighted by Crippen LogP contribution is 2.30. The molecule has 1 heterocycles. The Morgan fingerprint density at radius 1 is 1.67 bits per heavy atom. The Hall–Kier alpha value is -1.34. The van der Waals surface area contributed by atoms with E-state index < -0.39 is 5.97 Å². The Kier molecular flexibility index (Phi) is 4.03. The van der Waals surface area contributed by atoms with Crippen molar-refractivity contribution in [2.45, 2.75) is 25.4 Å². The first-order chi connectivity index (χ1) is 8.61. The third kappa shape index (κ3) is 2.73.